The fourth-order valence-corrected chi connectivity index (χ4v) is 2.65. The lowest BCUT2D eigenvalue weighted by Gasteiger charge is -2.40. The fourth-order valence-electron chi connectivity index (χ4n) is 2.52. The summed E-state index contributed by atoms with van der Waals surface area (Å²) < 4.78 is 11.0. The van der Waals surface area contributed by atoms with Crippen LogP contribution in [0.25, 0.3) is 0 Å². The highest BCUT2D eigenvalue weighted by atomic mass is 35.5. The van der Waals surface area contributed by atoms with E-state index in [0.29, 0.717) is 29.4 Å². The molecule has 1 unspecified atom stereocenters. The van der Waals surface area contributed by atoms with E-state index in [2.05, 4.69) is 0 Å². The van der Waals surface area contributed by atoms with Gasteiger partial charge in [0.1, 0.15) is 17.6 Å². The summed E-state index contributed by atoms with van der Waals surface area (Å²) in [6.07, 6.45) is -1.27. The van der Waals surface area contributed by atoms with Crippen molar-refractivity contribution in [2.75, 3.05) is 20.2 Å². The first-order valence-corrected chi connectivity index (χ1v) is 7.97. The molecule has 1 atom stereocenters. The van der Waals surface area contributed by atoms with Crippen molar-refractivity contribution in [3.8, 4) is 11.5 Å². The third-order valence-electron chi connectivity index (χ3n) is 3.92. The Morgan fingerprint density at radius 1 is 1.21 bits per heavy atom. The van der Waals surface area contributed by atoms with Crippen molar-refractivity contribution in [1.29, 1.82) is 0 Å². The molecule has 126 valence electrons. The minimum atomic E-state index is -1.18. The predicted molar refractivity (Wildman–Crippen MR) is 90.4 cm³/mol. The molecule has 0 aliphatic carbocycles. The van der Waals surface area contributed by atoms with E-state index in [1.807, 2.05) is 18.2 Å². The summed E-state index contributed by atoms with van der Waals surface area (Å²) in [6.45, 7) is 0.890. The number of likely N-dealkylation sites (tertiary alicyclic amines) is 1. The number of hydrogen-bond donors (Lipinski definition) is 1. The second-order valence-corrected chi connectivity index (χ2v) is 6.05. The van der Waals surface area contributed by atoms with Crippen LogP contribution in [-0.2, 0) is 4.79 Å². The van der Waals surface area contributed by atoms with Crippen LogP contribution in [0, 0.1) is 0 Å². The van der Waals surface area contributed by atoms with Gasteiger partial charge in [-0.15, -0.1) is 0 Å². The third kappa shape index (κ3) is 3.63. The normalized spacial score (nSPS) is 15.5. The number of aliphatic hydroxyl groups is 1. The second kappa shape index (κ2) is 7.11. The maximum absolute atomic E-state index is 12.3. The van der Waals surface area contributed by atoms with E-state index in [-0.39, 0.29) is 12.0 Å². The summed E-state index contributed by atoms with van der Waals surface area (Å²) in [4.78, 5) is 13.9. The SMILES string of the molecule is COc1cccc(OC2CN(C(=O)C(O)c3ccc(Cl)cc3)C2)c1. The van der Waals surface area contributed by atoms with Crippen molar-refractivity contribution in [2.45, 2.75) is 12.2 Å². The summed E-state index contributed by atoms with van der Waals surface area (Å²) in [6, 6.07) is 13.9. The summed E-state index contributed by atoms with van der Waals surface area (Å²) in [5.41, 5.74) is 0.529. The molecule has 0 aromatic heterocycles. The van der Waals surface area contributed by atoms with E-state index in [1.165, 1.54) is 0 Å². The topological polar surface area (TPSA) is 59.0 Å². The molecule has 2 aromatic carbocycles. The first-order chi connectivity index (χ1) is 11.6. The van der Waals surface area contributed by atoms with Gasteiger partial charge in [0.2, 0.25) is 0 Å². The van der Waals surface area contributed by atoms with E-state index in [9.17, 15) is 9.90 Å². The Balaban J connectivity index is 1.53. The molecule has 0 spiro atoms. The van der Waals surface area contributed by atoms with Crippen LogP contribution in [0.15, 0.2) is 48.5 Å². The minimum Gasteiger partial charge on any atom is -0.497 e. The van der Waals surface area contributed by atoms with Gasteiger partial charge in [-0.2, -0.15) is 0 Å². The highest BCUT2D eigenvalue weighted by Crippen LogP contribution is 2.25. The van der Waals surface area contributed by atoms with Crippen LogP contribution in [0.2, 0.25) is 5.02 Å². The van der Waals surface area contributed by atoms with E-state index >= 15 is 0 Å². The monoisotopic (exact) mass is 347 g/mol. The molecule has 1 aliphatic heterocycles. The summed E-state index contributed by atoms with van der Waals surface area (Å²) in [5, 5.41) is 10.7. The van der Waals surface area contributed by atoms with E-state index in [0.717, 1.165) is 5.75 Å². The average molecular weight is 348 g/mol. The summed E-state index contributed by atoms with van der Waals surface area (Å²) in [7, 11) is 1.60. The van der Waals surface area contributed by atoms with Crippen LogP contribution in [0.5, 0.6) is 11.5 Å². The van der Waals surface area contributed by atoms with Gasteiger partial charge in [-0.05, 0) is 29.8 Å². The van der Waals surface area contributed by atoms with Crippen molar-refractivity contribution < 1.29 is 19.4 Å². The summed E-state index contributed by atoms with van der Waals surface area (Å²) >= 11 is 5.81. The fraction of sp³-hybridized carbons (Fsp3) is 0.278. The number of benzene rings is 2. The Bertz CT molecular complexity index is 713. The zero-order valence-electron chi connectivity index (χ0n) is 13.2. The molecule has 1 aliphatic rings. The molecule has 1 amide bonds. The van der Waals surface area contributed by atoms with Crippen LogP contribution in [0.4, 0.5) is 0 Å². The van der Waals surface area contributed by atoms with Gasteiger partial charge in [0.25, 0.3) is 5.91 Å². The number of methoxy groups -OCH3 is 1. The molecule has 24 heavy (non-hydrogen) atoms. The Morgan fingerprint density at radius 3 is 2.54 bits per heavy atom. The Labute approximate surface area is 145 Å². The molecule has 0 radical (unpaired) electrons. The molecule has 6 heteroatoms. The third-order valence-corrected chi connectivity index (χ3v) is 4.18. The van der Waals surface area contributed by atoms with E-state index in [1.54, 1.807) is 42.3 Å². The molecule has 0 saturated carbocycles. The van der Waals surface area contributed by atoms with Gasteiger partial charge in [0, 0.05) is 11.1 Å². The van der Waals surface area contributed by atoms with E-state index < -0.39 is 6.10 Å². The molecule has 2 aromatic rings. The van der Waals surface area contributed by atoms with Crippen LogP contribution >= 0.6 is 11.6 Å². The van der Waals surface area contributed by atoms with Crippen LogP contribution in [0.3, 0.4) is 0 Å². The molecule has 3 rings (SSSR count). The number of carbonyl (C=O) groups is 1. The number of nitrogens with zero attached hydrogens (tertiary/aromatic N) is 1. The van der Waals surface area contributed by atoms with Crippen LogP contribution < -0.4 is 9.47 Å². The predicted octanol–water partition coefficient (Wildman–Crippen LogP) is 2.67. The lowest BCUT2D eigenvalue weighted by molar-refractivity contribution is -0.149. The number of amides is 1. The highest BCUT2D eigenvalue weighted by Gasteiger charge is 2.35. The second-order valence-electron chi connectivity index (χ2n) is 5.62. The molecular formula is C18H18ClNO4. The van der Waals surface area contributed by atoms with Crippen LogP contribution in [0.1, 0.15) is 11.7 Å². The first kappa shape index (κ1) is 16.6. The van der Waals surface area contributed by atoms with Crippen molar-refractivity contribution >= 4 is 17.5 Å². The molecule has 1 saturated heterocycles. The first-order valence-electron chi connectivity index (χ1n) is 7.60. The molecule has 1 heterocycles. The number of halogens is 1. The van der Waals surface area contributed by atoms with Gasteiger partial charge in [0.15, 0.2) is 6.10 Å². The highest BCUT2D eigenvalue weighted by molar-refractivity contribution is 6.30. The van der Waals surface area contributed by atoms with Gasteiger partial charge in [-0.25, -0.2) is 0 Å². The maximum atomic E-state index is 12.3. The maximum Gasteiger partial charge on any atom is 0.256 e. The molecule has 1 N–H and O–H groups in total. The minimum absolute atomic E-state index is 0.0847. The van der Waals surface area contributed by atoms with Gasteiger partial charge in [-0.3, -0.25) is 4.79 Å². The Hall–Kier alpha value is -2.24. The Kier molecular flexibility index (Phi) is 4.92. The molecular weight excluding hydrogens is 330 g/mol. The molecule has 5 nitrogen and oxygen atoms in total. The quantitative estimate of drug-likeness (QED) is 0.903. The smallest absolute Gasteiger partial charge is 0.256 e. The zero-order valence-corrected chi connectivity index (χ0v) is 13.9. The van der Waals surface area contributed by atoms with Crippen molar-refractivity contribution in [3.05, 3.63) is 59.1 Å². The van der Waals surface area contributed by atoms with Crippen molar-refractivity contribution in [3.63, 3.8) is 0 Å². The lowest BCUT2D eigenvalue weighted by atomic mass is 10.1. The van der Waals surface area contributed by atoms with E-state index in [4.69, 9.17) is 21.1 Å². The average Bonchev–Trinajstić information content (AvgIpc) is 2.57. The van der Waals surface area contributed by atoms with Gasteiger partial charge >= 0.3 is 0 Å². The van der Waals surface area contributed by atoms with Gasteiger partial charge < -0.3 is 19.5 Å². The number of ether oxygens (including phenoxy) is 2. The molecule has 1 fully saturated rings. The van der Waals surface area contributed by atoms with Crippen molar-refractivity contribution in [2.24, 2.45) is 0 Å². The van der Waals surface area contributed by atoms with Gasteiger partial charge in [-0.1, -0.05) is 29.8 Å². The Morgan fingerprint density at radius 2 is 1.88 bits per heavy atom. The number of carbonyl (C=O) groups excluding carboxylic acids is 1. The zero-order chi connectivity index (χ0) is 17.1. The van der Waals surface area contributed by atoms with Crippen molar-refractivity contribution in [1.82, 2.24) is 4.90 Å². The number of aliphatic hydroxyl groups excluding tert-OH is 1. The standard InChI is InChI=1S/C18H18ClNO4/c1-23-14-3-2-4-15(9-14)24-16-10-20(11-16)18(22)17(21)12-5-7-13(19)8-6-12/h2-9,16-17,21H,10-11H2,1H3. The largest absolute Gasteiger partial charge is 0.497 e. The number of hydrogen-bond acceptors (Lipinski definition) is 4. The number of rotatable bonds is 5. The molecule has 0 bridgehead atoms. The lowest BCUT2D eigenvalue weighted by Crippen LogP contribution is -2.57. The van der Waals surface area contributed by atoms with Crippen LogP contribution in [-0.4, -0.2) is 42.2 Å². The summed E-state index contributed by atoms with van der Waals surface area (Å²) in [5.74, 6) is 1.09. The van der Waals surface area contributed by atoms with Gasteiger partial charge in [0.05, 0.1) is 20.2 Å².